The maximum absolute atomic E-state index is 11.5. The zero-order valence-corrected chi connectivity index (χ0v) is 8.36. The summed E-state index contributed by atoms with van der Waals surface area (Å²) in [7, 11) is 3.31. The number of methoxy groups -OCH3 is 1. The summed E-state index contributed by atoms with van der Waals surface area (Å²) in [5.41, 5.74) is 0.509. The van der Waals surface area contributed by atoms with E-state index < -0.39 is 0 Å². The van der Waals surface area contributed by atoms with Crippen molar-refractivity contribution >= 4 is 5.78 Å². The number of hydrogen-bond acceptors (Lipinski definition) is 5. The molecule has 78 valence electrons. The third-order valence-corrected chi connectivity index (χ3v) is 1.77. The van der Waals surface area contributed by atoms with E-state index in [1.807, 2.05) is 0 Å². The Labute approximate surface area is 82.2 Å². The van der Waals surface area contributed by atoms with Gasteiger partial charge in [-0.15, -0.1) is 5.10 Å². The summed E-state index contributed by atoms with van der Waals surface area (Å²) < 4.78 is 6.29. The van der Waals surface area contributed by atoms with Crippen molar-refractivity contribution in [2.24, 2.45) is 7.05 Å². The van der Waals surface area contributed by atoms with E-state index in [1.54, 1.807) is 14.2 Å². The smallest absolute Gasteiger partial charge is 0.196 e. The first-order valence-corrected chi connectivity index (χ1v) is 4.33. The van der Waals surface area contributed by atoms with Crippen LogP contribution < -0.4 is 5.32 Å². The van der Waals surface area contributed by atoms with Crippen molar-refractivity contribution < 1.29 is 9.53 Å². The summed E-state index contributed by atoms with van der Waals surface area (Å²) in [5.74, 6) is -0.0198. The van der Waals surface area contributed by atoms with Crippen molar-refractivity contribution in [3.8, 4) is 0 Å². The van der Waals surface area contributed by atoms with E-state index >= 15 is 0 Å². The highest BCUT2D eigenvalue weighted by Crippen LogP contribution is 1.93. The van der Waals surface area contributed by atoms with Gasteiger partial charge in [0.05, 0.1) is 19.3 Å². The van der Waals surface area contributed by atoms with Crippen molar-refractivity contribution in [1.29, 1.82) is 0 Å². The Morgan fingerprint density at radius 2 is 2.50 bits per heavy atom. The van der Waals surface area contributed by atoms with Gasteiger partial charge < -0.3 is 10.1 Å². The number of hydrogen-bond donors (Lipinski definition) is 1. The fraction of sp³-hybridized carbons (Fsp3) is 0.625. The quantitative estimate of drug-likeness (QED) is 0.480. The van der Waals surface area contributed by atoms with Crippen LogP contribution in [-0.4, -0.2) is 47.6 Å². The van der Waals surface area contributed by atoms with Crippen molar-refractivity contribution in [3.63, 3.8) is 0 Å². The highest BCUT2D eigenvalue weighted by atomic mass is 16.5. The van der Waals surface area contributed by atoms with Gasteiger partial charge in [-0.1, -0.05) is 5.21 Å². The first-order chi connectivity index (χ1) is 6.75. The average molecular weight is 198 g/mol. The SMILES string of the molecule is COCCNCC(=O)c1cnnn1C. The highest BCUT2D eigenvalue weighted by Gasteiger charge is 2.09. The summed E-state index contributed by atoms with van der Waals surface area (Å²) in [6.07, 6.45) is 1.46. The van der Waals surface area contributed by atoms with Crippen molar-refractivity contribution in [2.45, 2.75) is 0 Å². The molecule has 0 fully saturated rings. The fourth-order valence-electron chi connectivity index (χ4n) is 1.01. The minimum Gasteiger partial charge on any atom is -0.383 e. The lowest BCUT2D eigenvalue weighted by Crippen LogP contribution is -2.27. The normalized spacial score (nSPS) is 10.4. The third kappa shape index (κ3) is 2.90. The molecule has 0 aromatic carbocycles. The lowest BCUT2D eigenvalue weighted by molar-refractivity contribution is 0.0978. The monoisotopic (exact) mass is 198 g/mol. The molecule has 0 saturated heterocycles. The van der Waals surface area contributed by atoms with Crippen LogP contribution in [-0.2, 0) is 11.8 Å². The maximum atomic E-state index is 11.5. The zero-order valence-electron chi connectivity index (χ0n) is 8.36. The molecule has 0 saturated carbocycles. The largest absolute Gasteiger partial charge is 0.383 e. The molecule has 0 aliphatic carbocycles. The number of nitrogens with zero attached hydrogens (tertiary/aromatic N) is 3. The van der Waals surface area contributed by atoms with Crippen molar-refractivity contribution in [1.82, 2.24) is 20.3 Å². The van der Waals surface area contributed by atoms with Gasteiger partial charge in [-0.3, -0.25) is 4.79 Å². The van der Waals surface area contributed by atoms with E-state index in [1.165, 1.54) is 10.9 Å². The molecule has 0 atom stereocenters. The average Bonchev–Trinajstić information content (AvgIpc) is 2.59. The number of nitrogens with one attached hydrogen (secondary N) is 1. The molecular weight excluding hydrogens is 184 g/mol. The molecule has 0 aliphatic heterocycles. The molecule has 14 heavy (non-hydrogen) atoms. The van der Waals surface area contributed by atoms with Crippen LogP contribution in [0.25, 0.3) is 0 Å². The van der Waals surface area contributed by atoms with E-state index in [9.17, 15) is 4.79 Å². The Morgan fingerprint density at radius 1 is 1.71 bits per heavy atom. The van der Waals surface area contributed by atoms with E-state index in [-0.39, 0.29) is 12.3 Å². The van der Waals surface area contributed by atoms with Gasteiger partial charge >= 0.3 is 0 Å². The molecule has 1 aromatic heterocycles. The topological polar surface area (TPSA) is 69.0 Å². The summed E-state index contributed by atoms with van der Waals surface area (Å²) in [6.45, 7) is 1.54. The van der Waals surface area contributed by atoms with Crippen LogP contribution in [0.1, 0.15) is 10.5 Å². The van der Waals surface area contributed by atoms with E-state index in [0.717, 1.165) is 0 Å². The second-order valence-corrected chi connectivity index (χ2v) is 2.84. The number of carbonyl (C=O) groups is 1. The predicted molar refractivity (Wildman–Crippen MR) is 50.1 cm³/mol. The first kappa shape index (κ1) is 10.8. The van der Waals surface area contributed by atoms with Crippen LogP contribution in [0, 0.1) is 0 Å². The second-order valence-electron chi connectivity index (χ2n) is 2.84. The molecule has 6 nitrogen and oxygen atoms in total. The molecule has 1 N–H and O–H groups in total. The Morgan fingerprint density at radius 3 is 3.07 bits per heavy atom. The minimum atomic E-state index is -0.0198. The Hall–Kier alpha value is -1.27. The van der Waals surface area contributed by atoms with Gasteiger partial charge in [0.1, 0.15) is 5.69 Å². The number of carbonyl (C=O) groups excluding carboxylic acids is 1. The second kappa shape index (κ2) is 5.46. The molecule has 1 rings (SSSR count). The van der Waals surface area contributed by atoms with Gasteiger partial charge in [-0.2, -0.15) is 0 Å². The summed E-state index contributed by atoms with van der Waals surface area (Å²) >= 11 is 0. The van der Waals surface area contributed by atoms with E-state index in [4.69, 9.17) is 4.74 Å². The lowest BCUT2D eigenvalue weighted by atomic mass is 10.3. The predicted octanol–water partition coefficient (Wildman–Crippen LogP) is -0.766. The molecule has 0 bridgehead atoms. The Bertz CT molecular complexity index is 297. The number of Topliss-reactive ketones (excluding diaryl/α,β-unsaturated/α-hetero) is 1. The van der Waals surface area contributed by atoms with Gasteiger partial charge in [-0.05, 0) is 0 Å². The molecule has 6 heteroatoms. The standard InChI is InChI=1S/C8H14N4O2/c1-12-7(5-10-11-12)8(13)6-9-3-4-14-2/h5,9H,3-4,6H2,1-2H3. The molecule has 0 spiro atoms. The van der Waals surface area contributed by atoms with Crippen LogP contribution in [0.3, 0.4) is 0 Å². The zero-order chi connectivity index (χ0) is 10.4. The summed E-state index contributed by atoms with van der Waals surface area (Å²) in [6, 6.07) is 0. The van der Waals surface area contributed by atoms with Gasteiger partial charge in [-0.25, -0.2) is 4.68 Å². The minimum absolute atomic E-state index is 0.0198. The maximum Gasteiger partial charge on any atom is 0.196 e. The highest BCUT2D eigenvalue weighted by molar-refractivity contribution is 5.95. The van der Waals surface area contributed by atoms with Gasteiger partial charge in [0.2, 0.25) is 0 Å². The van der Waals surface area contributed by atoms with E-state index in [2.05, 4.69) is 15.6 Å². The molecule has 0 radical (unpaired) electrons. The van der Waals surface area contributed by atoms with Crippen LogP contribution >= 0.6 is 0 Å². The lowest BCUT2D eigenvalue weighted by Gasteiger charge is -2.02. The van der Waals surface area contributed by atoms with Gasteiger partial charge in [0, 0.05) is 20.7 Å². The molecule has 0 amide bonds. The van der Waals surface area contributed by atoms with Gasteiger partial charge in [0.25, 0.3) is 0 Å². The van der Waals surface area contributed by atoms with Gasteiger partial charge in [0.15, 0.2) is 5.78 Å². The summed E-state index contributed by atoms with van der Waals surface area (Å²) in [5, 5.41) is 10.3. The van der Waals surface area contributed by atoms with Crippen LogP contribution in [0.5, 0.6) is 0 Å². The first-order valence-electron chi connectivity index (χ1n) is 4.33. The fourth-order valence-corrected chi connectivity index (χ4v) is 1.01. The molecule has 1 heterocycles. The Kier molecular flexibility index (Phi) is 4.21. The van der Waals surface area contributed by atoms with E-state index in [0.29, 0.717) is 18.8 Å². The Balaban J connectivity index is 2.32. The van der Waals surface area contributed by atoms with Crippen LogP contribution in [0.4, 0.5) is 0 Å². The number of ketones is 1. The van der Waals surface area contributed by atoms with Crippen molar-refractivity contribution in [2.75, 3.05) is 26.8 Å². The summed E-state index contributed by atoms with van der Waals surface area (Å²) in [4.78, 5) is 11.5. The third-order valence-electron chi connectivity index (χ3n) is 1.77. The molecule has 0 aliphatic rings. The number of aromatic nitrogens is 3. The molecular formula is C8H14N4O2. The number of ether oxygens (including phenoxy) is 1. The number of aryl methyl sites for hydroxylation is 1. The van der Waals surface area contributed by atoms with Crippen LogP contribution in [0.15, 0.2) is 6.20 Å². The van der Waals surface area contributed by atoms with Crippen LogP contribution in [0.2, 0.25) is 0 Å². The number of rotatable bonds is 6. The van der Waals surface area contributed by atoms with Crippen molar-refractivity contribution in [3.05, 3.63) is 11.9 Å². The molecule has 1 aromatic rings. The molecule has 0 unspecified atom stereocenters.